The molecule has 0 radical (unpaired) electrons. The van der Waals surface area contributed by atoms with Crippen molar-refractivity contribution in [1.29, 1.82) is 0 Å². The quantitative estimate of drug-likeness (QED) is 0.379. The maximum Gasteiger partial charge on any atom is 2.00 e. The number of aromatic nitrogens is 2. The first-order valence-electron chi connectivity index (χ1n) is 10.5. The number of hydrogen-bond acceptors (Lipinski definition) is 7. The number of aliphatic carboxylic acids is 1. The van der Waals surface area contributed by atoms with Crippen LogP contribution in [-0.4, -0.2) is 103 Å². The standard InChI is InChI=1S/C22H30FN3O6S.Ca.2H/c1-13(2)20-18(10-9-16(27)11-17(28)12-19(29)30)21(14-5-7-15(23)8-6-14)25-22(24-20)26(3)33(4,31)32;;;/h5-8,13,16-17,27-28H,9-12H2,1-4H3,(H,29,30);;;/q;+2;2*-1. The number of aliphatic hydroxyl groups is 2. The minimum atomic E-state index is -3.63. The molecule has 34 heavy (non-hydrogen) atoms. The molecule has 1 aromatic carbocycles. The molecular formula is C22H32CaFN3O6S. The Morgan fingerprint density at radius 2 is 1.74 bits per heavy atom. The maximum absolute atomic E-state index is 13.5. The van der Waals surface area contributed by atoms with Gasteiger partial charge in [0.15, 0.2) is 0 Å². The fourth-order valence-electron chi connectivity index (χ4n) is 3.38. The third kappa shape index (κ3) is 8.69. The van der Waals surface area contributed by atoms with Crippen LogP contribution in [0.25, 0.3) is 11.3 Å². The first-order chi connectivity index (χ1) is 15.3. The van der Waals surface area contributed by atoms with Crippen LogP contribution < -0.4 is 4.31 Å². The van der Waals surface area contributed by atoms with Crippen LogP contribution in [0, 0.1) is 5.82 Å². The van der Waals surface area contributed by atoms with E-state index < -0.39 is 40.4 Å². The van der Waals surface area contributed by atoms with Crippen molar-refractivity contribution >= 4 is 59.7 Å². The molecule has 1 heterocycles. The molecule has 0 aliphatic carbocycles. The van der Waals surface area contributed by atoms with Gasteiger partial charge in [0.1, 0.15) is 5.82 Å². The molecule has 2 aromatic rings. The van der Waals surface area contributed by atoms with E-state index in [1.807, 2.05) is 13.8 Å². The zero-order valence-corrected chi connectivity index (χ0v) is 22.8. The number of sulfonamides is 1. The number of rotatable bonds is 11. The van der Waals surface area contributed by atoms with Crippen LogP contribution in [-0.2, 0) is 21.2 Å². The van der Waals surface area contributed by atoms with Gasteiger partial charge in [-0.2, -0.15) is 0 Å². The summed E-state index contributed by atoms with van der Waals surface area (Å²) in [6.07, 6.45) is -1.22. The molecule has 3 N–H and O–H groups in total. The molecule has 9 nitrogen and oxygen atoms in total. The molecular weight excluding hydrogens is 493 g/mol. The molecule has 0 amide bonds. The Labute approximate surface area is 232 Å². The van der Waals surface area contributed by atoms with E-state index in [9.17, 15) is 27.8 Å². The van der Waals surface area contributed by atoms with E-state index in [1.54, 1.807) is 0 Å². The number of carboxylic acid groups (broad SMARTS) is 1. The molecule has 0 bridgehead atoms. The van der Waals surface area contributed by atoms with E-state index in [-0.39, 0.29) is 71.7 Å². The Balaban J connectivity index is 0. The van der Waals surface area contributed by atoms with Crippen molar-refractivity contribution in [2.24, 2.45) is 0 Å². The Bertz CT molecular complexity index is 1090. The van der Waals surface area contributed by atoms with E-state index in [1.165, 1.54) is 31.3 Å². The van der Waals surface area contributed by atoms with Crippen molar-refractivity contribution < 1.29 is 35.8 Å². The van der Waals surface area contributed by atoms with E-state index in [4.69, 9.17) is 5.11 Å². The summed E-state index contributed by atoms with van der Waals surface area (Å²) in [6, 6.07) is 5.60. The van der Waals surface area contributed by atoms with Crippen molar-refractivity contribution in [1.82, 2.24) is 9.97 Å². The minimum Gasteiger partial charge on any atom is -1.00 e. The molecule has 0 fully saturated rings. The van der Waals surface area contributed by atoms with Gasteiger partial charge in [-0.05, 0) is 49.4 Å². The minimum absolute atomic E-state index is 0. The summed E-state index contributed by atoms with van der Waals surface area (Å²) >= 11 is 0. The largest absolute Gasteiger partial charge is 2.00 e. The SMILES string of the molecule is CC(C)c1nc(N(C)S(C)(=O)=O)nc(-c2ccc(F)cc2)c1CCC(O)CC(O)CC(=O)O.[Ca+2].[H-].[H-]. The van der Waals surface area contributed by atoms with Gasteiger partial charge in [0.2, 0.25) is 16.0 Å². The molecule has 0 saturated heterocycles. The van der Waals surface area contributed by atoms with Crippen molar-refractivity contribution in [3.05, 3.63) is 41.3 Å². The van der Waals surface area contributed by atoms with E-state index >= 15 is 0 Å². The number of aliphatic hydroxyl groups excluding tert-OH is 2. The first kappa shape index (κ1) is 30.7. The van der Waals surface area contributed by atoms with Crippen LogP contribution in [0.1, 0.15) is 53.1 Å². The van der Waals surface area contributed by atoms with Gasteiger partial charge in [0.25, 0.3) is 0 Å². The summed E-state index contributed by atoms with van der Waals surface area (Å²) in [5.74, 6) is -1.74. The van der Waals surface area contributed by atoms with Crippen molar-refractivity contribution in [2.75, 3.05) is 17.6 Å². The molecule has 2 rings (SSSR count). The molecule has 186 valence electrons. The molecule has 1 aromatic heterocycles. The third-order valence-electron chi connectivity index (χ3n) is 5.15. The number of carbonyl (C=O) groups is 1. The summed E-state index contributed by atoms with van der Waals surface area (Å²) < 4.78 is 38.7. The van der Waals surface area contributed by atoms with Crippen LogP contribution in [0.15, 0.2) is 24.3 Å². The second-order valence-electron chi connectivity index (χ2n) is 8.31. The first-order valence-corrected chi connectivity index (χ1v) is 12.3. The number of hydrogen-bond donors (Lipinski definition) is 3. The second-order valence-corrected chi connectivity index (χ2v) is 10.3. The van der Waals surface area contributed by atoms with Crippen LogP contribution in [0.5, 0.6) is 0 Å². The van der Waals surface area contributed by atoms with E-state index in [2.05, 4.69) is 9.97 Å². The second kappa shape index (κ2) is 13.1. The molecule has 0 aliphatic heterocycles. The predicted octanol–water partition coefficient (Wildman–Crippen LogP) is 2.17. The zero-order chi connectivity index (χ0) is 24.9. The molecule has 0 aliphatic rings. The van der Waals surface area contributed by atoms with Crippen LogP contribution in [0.3, 0.4) is 0 Å². The number of benzene rings is 1. The van der Waals surface area contributed by atoms with Crippen LogP contribution >= 0.6 is 0 Å². The average Bonchev–Trinajstić information content (AvgIpc) is 2.70. The number of carboxylic acids is 1. The van der Waals surface area contributed by atoms with Gasteiger partial charge in [0, 0.05) is 18.2 Å². The normalized spacial score (nSPS) is 13.3. The molecule has 0 spiro atoms. The summed E-state index contributed by atoms with van der Waals surface area (Å²) in [7, 11) is -2.29. The molecule has 2 atom stereocenters. The zero-order valence-electron chi connectivity index (χ0n) is 21.8. The van der Waals surface area contributed by atoms with Gasteiger partial charge >= 0.3 is 43.7 Å². The van der Waals surface area contributed by atoms with Gasteiger partial charge in [-0.1, -0.05) is 13.8 Å². The number of halogens is 1. The van der Waals surface area contributed by atoms with Gasteiger partial charge in [-0.25, -0.2) is 27.1 Å². The average molecular weight is 526 g/mol. The Kier molecular flexibility index (Phi) is 11.8. The topological polar surface area (TPSA) is 141 Å². The summed E-state index contributed by atoms with van der Waals surface area (Å²) in [5.41, 5.74) is 2.21. The molecule has 12 heteroatoms. The Morgan fingerprint density at radius 3 is 2.24 bits per heavy atom. The predicted molar refractivity (Wildman–Crippen MR) is 130 cm³/mol. The molecule has 0 saturated carbocycles. The smallest absolute Gasteiger partial charge is 1.00 e. The van der Waals surface area contributed by atoms with E-state index in [0.717, 1.165) is 10.6 Å². The maximum atomic E-state index is 13.5. The summed E-state index contributed by atoms with van der Waals surface area (Å²) in [6.45, 7) is 3.77. The summed E-state index contributed by atoms with van der Waals surface area (Å²) in [4.78, 5) is 19.7. The van der Waals surface area contributed by atoms with Gasteiger partial charge in [0.05, 0.1) is 36.3 Å². The molecule has 2 unspecified atom stereocenters. The van der Waals surface area contributed by atoms with Crippen molar-refractivity contribution in [3.63, 3.8) is 0 Å². The van der Waals surface area contributed by atoms with Gasteiger partial charge in [-0.3, -0.25) is 4.79 Å². The fraction of sp³-hybridized carbons (Fsp3) is 0.500. The third-order valence-corrected chi connectivity index (χ3v) is 6.31. The van der Waals surface area contributed by atoms with Crippen LogP contribution in [0.4, 0.5) is 10.3 Å². The fourth-order valence-corrected chi connectivity index (χ4v) is 3.75. The van der Waals surface area contributed by atoms with Crippen LogP contribution in [0.2, 0.25) is 0 Å². The number of anilines is 1. The van der Waals surface area contributed by atoms with Crippen molar-refractivity contribution in [3.8, 4) is 11.3 Å². The van der Waals surface area contributed by atoms with Crippen molar-refractivity contribution in [2.45, 2.75) is 57.7 Å². The summed E-state index contributed by atoms with van der Waals surface area (Å²) in [5, 5.41) is 28.9. The van der Waals surface area contributed by atoms with E-state index in [0.29, 0.717) is 22.5 Å². The van der Waals surface area contributed by atoms with Gasteiger partial charge < -0.3 is 18.2 Å². The van der Waals surface area contributed by atoms with Gasteiger partial charge in [-0.15, -0.1) is 0 Å². The Hall–Kier alpha value is -1.37. The number of nitrogens with zero attached hydrogens (tertiary/aromatic N) is 3. The monoisotopic (exact) mass is 525 g/mol. The Morgan fingerprint density at radius 1 is 1.15 bits per heavy atom.